The minimum Gasteiger partial charge on any atom is -0.381 e. The molecule has 1 heterocycles. The fourth-order valence-electron chi connectivity index (χ4n) is 1.86. The lowest BCUT2D eigenvalue weighted by atomic mass is 10.2. The molecule has 0 bridgehead atoms. The molecule has 2 aromatic rings. The van der Waals surface area contributed by atoms with Crippen LogP contribution in [0.25, 0.3) is 0 Å². The van der Waals surface area contributed by atoms with Crippen LogP contribution in [0, 0.1) is 0 Å². The van der Waals surface area contributed by atoms with E-state index >= 15 is 0 Å². The molecule has 0 spiro atoms. The van der Waals surface area contributed by atoms with Crippen molar-refractivity contribution in [1.82, 2.24) is 9.78 Å². The van der Waals surface area contributed by atoms with Gasteiger partial charge in [0.15, 0.2) is 0 Å². The van der Waals surface area contributed by atoms with Crippen LogP contribution in [-0.2, 0) is 6.54 Å². The summed E-state index contributed by atoms with van der Waals surface area (Å²) in [6.45, 7) is 0.496. The Labute approximate surface area is 119 Å². The molecule has 1 fully saturated rings. The number of nitrogens with zero attached hydrogens (tertiary/aromatic N) is 2. The average Bonchev–Trinajstić information content (AvgIpc) is 3.19. The number of rotatable bonds is 4. The first-order valence-corrected chi connectivity index (χ1v) is 7.08. The van der Waals surface area contributed by atoms with Gasteiger partial charge in [-0.3, -0.25) is 4.79 Å². The van der Waals surface area contributed by atoms with Crippen LogP contribution in [0.1, 0.15) is 18.4 Å². The second-order valence-electron chi connectivity index (χ2n) is 4.79. The van der Waals surface area contributed by atoms with E-state index in [0.29, 0.717) is 12.6 Å². The van der Waals surface area contributed by atoms with Crippen molar-refractivity contribution in [2.24, 2.45) is 0 Å². The Hall–Kier alpha value is -1.62. The number of anilines is 1. The summed E-state index contributed by atoms with van der Waals surface area (Å²) in [5.41, 5.74) is 1.80. The lowest BCUT2D eigenvalue weighted by Crippen LogP contribution is -2.23. The summed E-state index contributed by atoms with van der Waals surface area (Å²) in [7, 11) is 0. The molecule has 0 radical (unpaired) electrons. The van der Waals surface area contributed by atoms with E-state index in [1.54, 1.807) is 12.3 Å². The third kappa shape index (κ3) is 3.23. The predicted octanol–water partition coefficient (Wildman–Crippen LogP) is 2.63. The van der Waals surface area contributed by atoms with E-state index in [2.05, 4.69) is 26.3 Å². The Kier molecular flexibility index (Phi) is 3.38. The van der Waals surface area contributed by atoms with Crippen molar-refractivity contribution in [1.29, 1.82) is 0 Å². The van der Waals surface area contributed by atoms with E-state index in [0.717, 1.165) is 15.7 Å². The van der Waals surface area contributed by atoms with Crippen LogP contribution in [0.3, 0.4) is 0 Å². The topological polar surface area (TPSA) is 46.9 Å². The lowest BCUT2D eigenvalue weighted by molar-refractivity contribution is 0.639. The van der Waals surface area contributed by atoms with Crippen molar-refractivity contribution in [2.45, 2.75) is 25.4 Å². The van der Waals surface area contributed by atoms with E-state index in [1.165, 1.54) is 17.5 Å². The van der Waals surface area contributed by atoms with Gasteiger partial charge in [-0.05, 0) is 30.5 Å². The van der Waals surface area contributed by atoms with Gasteiger partial charge in [-0.25, -0.2) is 4.68 Å². The monoisotopic (exact) mass is 319 g/mol. The molecule has 1 aliphatic rings. The first kappa shape index (κ1) is 12.4. The van der Waals surface area contributed by atoms with Crippen LogP contribution in [0.15, 0.2) is 45.8 Å². The Balaban J connectivity index is 1.76. The van der Waals surface area contributed by atoms with Gasteiger partial charge >= 0.3 is 0 Å². The molecule has 0 unspecified atom stereocenters. The quantitative estimate of drug-likeness (QED) is 0.942. The molecule has 5 heteroatoms. The smallest absolute Gasteiger partial charge is 0.269 e. The van der Waals surface area contributed by atoms with Crippen molar-refractivity contribution >= 4 is 21.6 Å². The number of hydrogen-bond donors (Lipinski definition) is 1. The summed E-state index contributed by atoms with van der Waals surface area (Å²) in [5, 5.41) is 7.48. The van der Waals surface area contributed by atoms with Crippen molar-refractivity contribution in [3.63, 3.8) is 0 Å². The standard InChI is InChI=1S/C14H14BrN3O/c15-11-3-1-10(2-4-11)9-18-14(19)7-13(8-16-18)17-12-5-6-12/h1-4,7-8,12,17H,5-6,9H2. The van der Waals surface area contributed by atoms with Gasteiger partial charge in [-0.1, -0.05) is 28.1 Å². The SMILES string of the molecule is O=c1cc(NC2CC2)cnn1Cc1ccc(Br)cc1. The zero-order valence-corrected chi connectivity index (χ0v) is 11.9. The van der Waals surface area contributed by atoms with Gasteiger partial charge in [0.1, 0.15) is 0 Å². The van der Waals surface area contributed by atoms with Crippen LogP contribution in [0.2, 0.25) is 0 Å². The molecule has 1 saturated carbocycles. The van der Waals surface area contributed by atoms with Crippen LogP contribution in [0.5, 0.6) is 0 Å². The maximum atomic E-state index is 12.0. The Morgan fingerprint density at radius 3 is 2.68 bits per heavy atom. The second kappa shape index (κ2) is 5.17. The van der Waals surface area contributed by atoms with E-state index in [-0.39, 0.29) is 5.56 Å². The van der Waals surface area contributed by atoms with Gasteiger partial charge in [-0.2, -0.15) is 5.10 Å². The molecule has 3 rings (SSSR count). The normalized spacial score (nSPS) is 14.4. The van der Waals surface area contributed by atoms with Gasteiger partial charge in [0.05, 0.1) is 18.4 Å². The molecule has 0 aliphatic heterocycles. The molecular weight excluding hydrogens is 306 g/mol. The van der Waals surface area contributed by atoms with Crippen molar-refractivity contribution in [3.8, 4) is 0 Å². The molecule has 4 nitrogen and oxygen atoms in total. The summed E-state index contributed by atoms with van der Waals surface area (Å²) >= 11 is 3.39. The number of benzene rings is 1. The van der Waals surface area contributed by atoms with Crippen LogP contribution in [0.4, 0.5) is 5.69 Å². The molecule has 1 aromatic heterocycles. The van der Waals surface area contributed by atoms with Crippen molar-refractivity contribution < 1.29 is 0 Å². The highest BCUT2D eigenvalue weighted by Crippen LogP contribution is 2.23. The maximum absolute atomic E-state index is 12.0. The van der Waals surface area contributed by atoms with Gasteiger partial charge in [0.25, 0.3) is 5.56 Å². The van der Waals surface area contributed by atoms with Crippen LogP contribution in [-0.4, -0.2) is 15.8 Å². The Morgan fingerprint density at radius 2 is 2.05 bits per heavy atom. The van der Waals surface area contributed by atoms with Crippen LogP contribution >= 0.6 is 15.9 Å². The van der Waals surface area contributed by atoms with Gasteiger partial charge in [0, 0.05) is 16.6 Å². The zero-order valence-electron chi connectivity index (χ0n) is 10.3. The lowest BCUT2D eigenvalue weighted by Gasteiger charge is -2.07. The molecule has 1 aromatic carbocycles. The fourth-order valence-corrected chi connectivity index (χ4v) is 2.12. The second-order valence-corrected chi connectivity index (χ2v) is 5.70. The Morgan fingerprint density at radius 1 is 1.32 bits per heavy atom. The fraction of sp³-hybridized carbons (Fsp3) is 0.286. The molecule has 0 atom stereocenters. The van der Waals surface area contributed by atoms with E-state index in [9.17, 15) is 4.79 Å². The highest BCUT2D eigenvalue weighted by molar-refractivity contribution is 9.10. The van der Waals surface area contributed by atoms with Crippen LogP contribution < -0.4 is 10.9 Å². The first-order valence-electron chi connectivity index (χ1n) is 6.29. The highest BCUT2D eigenvalue weighted by atomic mass is 79.9. The largest absolute Gasteiger partial charge is 0.381 e. The Bertz CT molecular complexity index is 632. The highest BCUT2D eigenvalue weighted by Gasteiger charge is 2.21. The molecular formula is C14H14BrN3O. The summed E-state index contributed by atoms with van der Waals surface area (Å²) in [6.07, 6.45) is 4.09. The maximum Gasteiger partial charge on any atom is 0.269 e. The summed E-state index contributed by atoms with van der Waals surface area (Å²) in [4.78, 5) is 12.0. The van der Waals surface area contributed by atoms with Crippen molar-refractivity contribution in [3.05, 3.63) is 56.9 Å². The summed E-state index contributed by atoms with van der Waals surface area (Å²) in [6, 6.07) is 10.0. The molecule has 0 amide bonds. The first-order chi connectivity index (χ1) is 9.20. The van der Waals surface area contributed by atoms with Gasteiger partial charge < -0.3 is 5.32 Å². The average molecular weight is 320 g/mol. The van der Waals surface area contributed by atoms with Gasteiger partial charge in [0.2, 0.25) is 0 Å². The number of hydrogen-bond acceptors (Lipinski definition) is 3. The number of nitrogens with one attached hydrogen (secondary N) is 1. The van der Waals surface area contributed by atoms with E-state index < -0.39 is 0 Å². The zero-order chi connectivity index (χ0) is 13.2. The number of halogens is 1. The molecule has 0 saturated heterocycles. The number of aromatic nitrogens is 2. The molecule has 19 heavy (non-hydrogen) atoms. The molecule has 1 aliphatic carbocycles. The minimum atomic E-state index is -0.0754. The summed E-state index contributed by atoms with van der Waals surface area (Å²) < 4.78 is 2.50. The predicted molar refractivity (Wildman–Crippen MR) is 78.4 cm³/mol. The van der Waals surface area contributed by atoms with Crippen molar-refractivity contribution in [2.75, 3.05) is 5.32 Å². The summed E-state index contributed by atoms with van der Waals surface area (Å²) in [5.74, 6) is 0. The third-order valence-corrected chi connectivity index (χ3v) is 3.59. The van der Waals surface area contributed by atoms with Gasteiger partial charge in [-0.15, -0.1) is 0 Å². The van der Waals surface area contributed by atoms with E-state index in [1.807, 2.05) is 24.3 Å². The third-order valence-electron chi connectivity index (χ3n) is 3.06. The molecule has 98 valence electrons. The minimum absolute atomic E-state index is 0.0754. The molecule has 1 N–H and O–H groups in total. The van der Waals surface area contributed by atoms with E-state index in [4.69, 9.17) is 0 Å².